The molecule has 0 aliphatic heterocycles. The van der Waals surface area contributed by atoms with E-state index in [0.29, 0.717) is 17.3 Å². The molecule has 2 aromatic heterocycles. The van der Waals surface area contributed by atoms with Crippen LogP contribution in [0.2, 0.25) is 0 Å². The molecular formula is C10H9N3O2. The van der Waals surface area contributed by atoms with E-state index in [0.717, 1.165) is 12.8 Å². The number of nitrogens with zero attached hydrogens (tertiary/aromatic N) is 3. The Labute approximate surface area is 85.5 Å². The van der Waals surface area contributed by atoms with Crippen LogP contribution in [0, 0.1) is 10.1 Å². The maximum atomic E-state index is 11.0. The molecule has 2 aromatic rings. The zero-order valence-electron chi connectivity index (χ0n) is 7.96. The maximum Gasteiger partial charge on any atom is 0.351 e. The van der Waals surface area contributed by atoms with E-state index in [1.165, 1.54) is 0 Å². The van der Waals surface area contributed by atoms with Crippen molar-refractivity contribution < 1.29 is 4.92 Å². The quantitative estimate of drug-likeness (QED) is 0.554. The van der Waals surface area contributed by atoms with Crippen LogP contribution in [0.15, 0.2) is 24.4 Å². The van der Waals surface area contributed by atoms with Gasteiger partial charge in [-0.1, -0.05) is 6.07 Å². The molecule has 0 atom stereocenters. The smallest absolute Gasteiger partial charge is 0.351 e. The molecule has 1 fully saturated rings. The van der Waals surface area contributed by atoms with Gasteiger partial charge in [-0.3, -0.25) is 0 Å². The lowest BCUT2D eigenvalue weighted by Gasteiger charge is -1.95. The number of aromatic nitrogens is 2. The van der Waals surface area contributed by atoms with E-state index in [4.69, 9.17) is 0 Å². The molecule has 76 valence electrons. The van der Waals surface area contributed by atoms with Gasteiger partial charge in [0, 0.05) is 12.0 Å². The predicted octanol–water partition coefficient (Wildman–Crippen LogP) is 2.12. The summed E-state index contributed by atoms with van der Waals surface area (Å²) in [5, 5.41) is 11.0. The Bertz CT molecular complexity index is 543. The minimum atomic E-state index is -0.340. The summed E-state index contributed by atoms with van der Waals surface area (Å²) in [6, 6.07) is 5.40. The Morgan fingerprint density at radius 1 is 1.47 bits per heavy atom. The fraction of sp³-hybridized carbons (Fsp3) is 0.300. The van der Waals surface area contributed by atoms with Gasteiger partial charge < -0.3 is 10.1 Å². The number of nitro groups is 1. The summed E-state index contributed by atoms with van der Waals surface area (Å²) >= 11 is 0. The van der Waals surface area contributed by atoms with Crippen molar-refractivity contribution in [2.75, 3.05) is 0 Å². The monoisotopic (exact) mass is 203 g/mol. The summed E-state index contributed by atoms with van der Waals surface area (Å²) in [5.41, 5.74) is 1.30. The summed E-state index contributed by atoms with van der Waals surface area (Å²) in [4.78, 5) is 15.0. The first-order valence-electron chi connectivity index (χ1n) is 4.89. The Hall–Kier alpha value is -1.91. The van der Waals surface area contributed by atoms with Gasteiger partial charge in [0.25, 0.3) is 0 Å². The minimum Gasteiger partial charge on any atom is -0.358 e. The van der Waals surface area contributed by atoms with Crippen molar-refractivity contribution in [3.8, 4) is 0 Å². The highest BCUT2D eigenvalue weighted by atomic mass is 16.6. The largest absolute Gasteiger partial charge is 0.358 e. The Morgan fingerprint density at radius 3 is 2.93 bits per heavy atom. The van der Waals surface area contributed by atoms with Crippen LogP contribution in [0.1, 0.15) is 24.5 Å². The summed E-state index contributed by atoms with van der Waals surface area (Å²) < 4.78 is 1.55. The van der Waals surface area contributed by atoms with E-state index < -0.39 is 0 Å². The van der Waals surface area contributed by atoms with E-state index in [-0.39, 0.29) is 10.7 Å². The second-order valence-corrected chi connectivity index (χ2v) is 3.78. The van der Waals surface area contributed by atoms with Crippen LogP contribution in [0.3, 0.4) is 0 Å². The molecule has 0 aromatic carbocycles. The van der Waals surface area contributed by atoms with Gasteiger partial charge in [0.1, 0.15) is 5.69 Å². The molecule has 1 aliphatic carbocycles. The van der Waals surface area contributed by atoms with Crippen molar-refractivity contribution in [3.05, 3.63) is 40.2 Å². The van der Waals surface area contributed by atoms with Crippen molar-refractivity contribution in [1.82, 2.24) is 9.38 Å². The lowest BCUT2D eigenvalue weighted by Crippen LogP contribution is -1.96. The third-order valence-corrected chi connectivity index (χ3v) is 2.67. The Balaban J connectivity index is 2.33. The fourth-order valence-electron chi connectivity index (χ4n) is 1.81. The van der Waals surface area contributed by atoms with Gasteiger partial charge in [0.2, 0.25) is 5.65 Å². The van der Waals surface area contributed by atoms with E-state index in [9.17, 15) is 10.1 Å². The standard InChI is InChI=1S/C10H9N3O2/c14-13(15)10-9(7-4-5-7)11-8-3-1-2-6-12(8)10/h1-3,6-7H,4-5H2. The topological polar surface area (TPSA) is 60.4 Å². The average Bonchev–Trinajstić information content (AvgIpc) is 2.98. The molecule has 0 unspecified atom stereocenters. The number of pyridine rings is 1. The Kier molecular flexibility index (Phi) is 1.56. The zero-order valence-corrected chi connectivity index (χ0v) is 7.96. The van der Waals surface area contributed by atoms with Gasteiger partial charge in [-0.15, -0.1) is 0 Å². The number of rotatable bonds is 2. The lowest BCUT2D eigenvalue weighted by atomic mass is 10.3. The predicted molar refractivity (Wildman–Crippen MR) is 53.8 cm³/mol. The number of fused-ring (bicyclic) bond motifs is 1. The van der Waals surface area contributed by atoms with Gasteiger partial charge in [-0.25, -0.2) is 4.98 Å². The zero-order chi connectivity index (χ0) is 10.4. The summed E-state index contributed by atoms with van der Waals surface area (Å²) in [6.45, 7) is 0. The summed E-state index contributed by atoms with van der Waals surface area (Å²) in [7, 11) is 0. The highest BCUT2D eigenvalue weighted by molar-refractivity contribution is 5.50. The van der Waals surface area contributed by atoms with Crippen LogP contribution >= 0.6 is 0 Å². The fourth-order valence-corrected chi connectivity index (χ4v) is 1.81. The molecule has 0 amide bonds. The van der Waals surface area contributed by atoms with Crippen LogP contribution in [0.25, 0.3) is 5.65 Å². The van der Waals surface area contributed by atoms with Crippen LogP contribution in [0.5, 0.6) is 0 Å². The molecule has 0 N–H and O–H groups in total. The number of hydrogen-bond donors (Lipinski definition) is 0. The van der Waals surface area contributed by atoms with Crippen molar-refractivity contribution in [3.63, 3.8) is 0 Å². The average molecular weight is 203 g/mol. The van der Waals surface area contributed by atoms with Gasteiger partial charge in [-0.05, 0) is 23.8 Å². The van der Waals surface area contributed by atoms with E-state index in [1.54, 1.807) is 22.7 Å². The van der Waals surface area contributed by atoms with E-state index in [2.05, 4.69) is 4.98 Å². The first kappa shape index (κ1) is 8.40. The van der Waals surface area contributed by atoms with Gasteiger partial charge in [0.15, 0.2) is 0 Å². The molecule has 1 saturated carbocycles. The highest BCUT2D eigenvalue weighted by Crippen LogP contribution is 2.43. The van der Waals surface area contributed by atoms with E-state index >= 15 is 0 Å². The molecule has 5 heteroatoms. The van der Waals surface area contributed by atoms with Crippen LogP contribution < -0.4 is 0 Å². The third kappa shape index (κ3) is 1.20. The molecule has 0 saturated heterocycles. The molecule has 0 radical (unpaired) electrons. The van der Waals surface area contributed by atoms with Crippen LogP contribution in [0.4, 0.5) is 5.82 Å². The molecule has 2 heterocycles. The maximum absolute atomic E-state index is 11.0. The van der Waals surface area contributed by atoms with Crippen molar-refractivity contribution in [2.24, 2.45) is 0 Å². The van der Waals surface area contributed by atoms with Gasteiger partial charge in [-0.2, -0.15) is 4.40 Å². The number of imidazole rings is 1. The third-order valence-electron chi connectivity index (χ3n) is 2.67. The molecule has 0 spiro atoms. The normalized spacial score (nSPS) is 15.7. The molecular weight excluding hydrogens is 194 g/mol. The summed E-state index contributed by atoms with van der Waals surface area (Å²) in [6.07, 6.45) is 3.72. The molecule has 0 bridgehead atoms. The van der Waals surface area contributed by atoms with Crippen LogP contribution in [-0.4, -0.2) is 14.3 Å². The highest BCUT2D eigenvalue weighted by Gasteiger charge is 2.35. The number of hydrogen-bond acceptors (Lipinski definition) is 3. The van der Waals surface area contributed by atoms with Gasteiger partial charge in [0.05, 0.1) is 6.20 Å². The SMILES string of the molecule is O=[N+]([O-])c1c(C2CC2)nc2ccccn12. The lowest BCUT2D eigenvalue weighted by molar-refractivity contribution is -0.391. The molecule has 3 rings (SSSR count). The Morgan fingerprint density at radius 2 is 2.27 bits per heavy atom. The molecule has 15 heavy (non-hydrogen) atoms. The first-order valence-corrected chi connectivity index (χ1v) is 4.89. The van der Waals surface area contributed by atoms with Gasteiger partial charge >= 0.3 is 5.82 Å². The second-order valence-electron chi connectivity index (χ2n) is 3.78. The van der Waals surface area contributed by atoms with Crippen molar-refractivity contribution >= 4 is 11.5 Å². The van der Waals surface area contributed by atoms with E-state index in [1.807, 2.05) is 6.07 Å². The molecule has 1 aliphatic rings. The van der Waals surface area contributed by atoms with Crippen molar-refractivity contribution in [1.29, 1.82) is 0 Å². The van der Waals surface area contributed by atoms with Crippen LogP contribution in [-0.2, 0) is 0 Å². The minimum absolute atomic E-state index is 0.133. The van der Waals surface area contributed by atoms with Crippen molar-refractivity contribution in [2.45, 2.75) is 18.8 Å². The first-order chi connectivity index (χ1) is 7.27. The molecule has 5 nitrogen and oxygen atoms in total. The second kappa shape index (κ2) is 2.79. The summed E-state index contributed by atoms with van der Waals surface area (Å²) in [5.74, 6) is 0.429.